The predicted octanol–water partition coefficient (Wildman–Crippen LogP) is 6.01. The van der Waals surface area contributed by atoms with Crippen LogP contribution in [0.4, 0.5) is 23.7 Å². The van der Waals surface area contributed by atoms with Crippen molar-refractivity contribution >= 4 is 35.4 Å². The monoisotopic (exact) mass is 650 g/mol. The topological polar surface area (TPSA) is 145 Å². The molecule has 246 valence electrons. The molecule has 1 atom stereocenters. The molecule has 5 rings (SSSR count). The zero-order valence-corrected chi connectivity index (χ0v) is 25.2. The first-order valence-corrected chi connectivity index (χ1v) is 15.2. The number of nitrogens with zero attached hydrogens (tertiary/aromatic N) is 1. The first kappa shape index (κ1) is 33.2. The highest BCUT2D eigenvalue weighted by molar-refractivity contribution is 6.22. The fraction of sp³-hybridized carbons (Fsp3) is 0.324. The van der Waals surface area contributed by atoms with Crippen LogP contribution >= 0.6 is 0 Å². The van der Waals surface area contributed by atoms with E-state index < -0.39 is 48.5 Å². The summed E-state index contributed by atoms with van der Waals surface area (Å²) in [4.78, 5) is 61.6. The second-order valence-electron chi connectivity index (χ2n) is 11.6. The Morgan fingerprint density at radius 2 is 1.47 bits per heavy atom. The Morgan fingerprint density at radius 1 is 0.851 bits per heavy atom. The van der Waals surface area contributed by atoms with Gasteiger partial charge in [0.25, 0.3) is 17.7 Å². The van der Waals surface area contributed by atoms with Crippen molar-refractivity contribution in [2.45, 2.75) is 56.7 Å². The van der Waals surface area contributed by atoms with Gasteiger partial charge < -0.3 is 21.1 Å². The molecule has 1 saturated carbocycles. The number of hydrogen-bond donors (Lipinski definition) is 4. The van der Waals surface area contributed by atoms with E-state index in [1.165, 1.54) is 37.0 Å². The van der Waals surface area contributed by atoms with Gasteiger partial charge in [0.1, 0.15) is 6.54 Å². The van der Waals surface area contributed by atoms with E-state index >= 15 is 0 Å². The van der Waals surface area contributed by atoms with Crippen molar-refractivity contribution in [1.82, 2.24) is 15.5 Å². The molecule has 3 aromatic carbocycles. The number of rotatable bonds is 10. The van der Waals surface area contributed by atoms with Crippen LogP contribution in [-0.2, 0) is 4.79 Å². The lowest BCUT2D eigenvalue weighted by Crippen LogP contribution is -2.38. The molecule has 0 radical (unpaired) electrons. The molecule has 10 nitrogen and oxygen atoms in total. The fourth-order valence-corrected chi connectivity index (χ4v) is 5.96. The van der Waals surface area contributed by atoms with Crippen molar-refractivity contribution in [3.8, 4) is 0 Å². The summed E-state index contributed by atoms with van der Waals surface area (Å²) in [5, 5.41) is 16.8. The maximum Gasteiger partial charge on any atom is 0.406 e. The molecule has 0 spiro atoms. The molecule has 2 aliphatic rings. The number of hydrogen-bond acceptors (Lipinski definition) is 5. The molecular weight excluding hydrogens is 617 g/mol. The largest absolute Gasteiger partial charge is 0.481 e. The minimum atomic E-state index is -4.76. The molecular formula is C34H33F3N4O6. The molecule has 1 unspecified atom stereocenters. The molecule has 1 aliphatic carbocycles. The number of aliphatic carboxylic acids is 1. The van der Waals surface area contributed by atoms with E-state index in [4.69, 9.17) is 5.11 Å². The summed E-state index contributed by atoms with van der Waals surface area (Å²) in [5.74, 6) is -3.18. The molecule has 5 amide bonds. The average molecular weight is 651 g/mol. The molecule has 13 heteroatoms. The molecule has 0 saturated heterocycles. The molecule has 4 N–H and O–H groups in total. The quantitative estimate of drug-likeness (QED) is 0.198. The summed E-state index contributed by atoms with van der Waals surface area (Å²) in [6.45, 7) is -1.75. The van der Waals surface area contributed by atoms with Gasteiger partial charge >= 0.3 is 18.2 Å². The Bertz CT molecular complexity index is 1670. The van der Waals surface area contributed by atoms with Crippen LogP contribution < -0.4 is 16.0 Å². The standard InChI is InChI=1S/C34H33F3N4O6/c35-34(36,37)19-41-31(45)26-15-14-25(18-27(26)32(41)46)39-33(47)40-29(22-8-6-21(7-9-22)20-4-2-1-3-5-20)23-10-12-24(13-11-23)30(44)38-17-16-28(42)43/h6-15,18,20,29H,1-5,16-17,19H2,(H,38,44)(H,42,43)(H2,39,40,47). The molecule has 0 bridgehead atoms. The van der Waals surface area contributed by atoms with Crippen LogP contribution in [0.2, 0.25) is 0 Å². The number of benzene rings is 3. The van der Waals surface area contributed by atoms with E-state index in [2.05, 4.69) is 16.0 Å². The van der Waals surface area contributed by atoms with Gasteiger partial charge in [0.15, 0.2) is 0 Å². The molecule has 47 heavy (non-hydrogen) atoms. The van der Waals surface area contributed by atoms with Crippen LogP contribution in [0.1, 0.15) is 98.2 Å². The number of urea groups is 1. The minimum Gasteiger partial charge on any atom is -0.481 e. The Morgan fingerprint density at radius 3 is 2.09 bits per heavy atom. The van der Waals surface area contributed by atoms with Crippen LogP contribution in [0, 0.1) is 0 Å². The van der Waals surface area contributed by atoms with E-state index in [1.54, 1.807) is 24.3 Å². The number of carbonyl (C=O) groups is 5. The second-order valence-corrected chi connectivity index (χ2v) is 11.6. The lowest BCUT2D eigenvalue weighted by Gasteiger charge is -2.24. The van der Waals surface area contributed by atoms with E-state index in [-0.39, 0.29) is 34.7 Å². The van der Waals surface area contributed by atoms with E-state index in [1.807, 2.05) is 24.3 Å². The van der Waals surface area contributed by atoms with Crippen molar-refractivity contribution in [2.24, 2.45) is 0 Å². The summed E-state index contributed by atoms with van der Waals surface area (Å²) in [6.07, 6.45) is 0.822. The summed E-state index contributed by atoms with van der Waals surface area (Å²) in [5.41, 5.74) is 2.54. The fourth-order valence-electron chi connectivity index (χ4n) is 5.96. The summed E-state index contributed by atoms with van der Waals surface area (Å²) >= 11 is 0. The normalized spacial score (nSPS) is 15.6. The van der Waals surface area contributed by atoms with Crippen molar-refractivity contribution < 1.29 is 42.3 Å². The number of nitrogens with one attached hydrogen (secondary N) is 3. The number of carboxylic acids is 1. The lowest BCUT2D eigenvalue weighted by atomic mass is 9.83. The van der Waals surface area contributed by atoms with Crippen LogP contribution in [0.15, 0.2) is 66.7 Å². The van der Waals surface area contributed by atoms with Crippen LogP contribution in [0.3, 0.4) is 0 Å². The van der Waals surface area contributed by atoms with Gasteiger partial charge in [-0.25, -0.2) is 4.79 Å². The van der Waals surface area contributed by atoms with Gasteiger partial charge in [-0.15, -0.1) is 0 Å². The van der Waals surface area contributed by atoms with Crippen molar-refractivity contribution in [3.63, 3.8) is 0 Å². The molecule has 0 aromatic heterocycles. The minimum absolute atomic E-state index is 0.0313. The van der Waals surface area contributed by atoms with Gasteiger partial charge in [0, 0.05) is 17.8 Å². The third-order valence-electron chi connectivity index (χ3n) is 8.32. The number of halogens is 3. The Balaban J connectivity index is 1.35. The maximum absolute atomic E-state index is 13.3. The number of imide groups is 1. The Kier molecular flexibility index (Phi) is 9.92. The Labute approximate surface area is 268 Å². The van der Waals surface area contributed by atoms with Gasteiger partial charge in [-0.2, -0.15) is 13.2 Å². The van der Waals surface area contributed by atoms with Crippen molar-refractivity contribution in [2.75, 3.05) is 18.4 Å². The highest BCUT2D eigenvalue weighted by Gasteiger charge is 2.42. The summed E-state index contributed by atoms with van der Waals surface area (Å²) in [7, 11) is 0. The Hall–Kier alpha value is -5.20. The average Bonchev–Trinajstić information content (AvgIpc) is 3.27. The van der Waals surface area contributed by atoms with Gasteiger partial charge in [-0.3, -0.25) is 24.1 Å². The van der Waals surface area contributed by atoms with Gasteiger partial charge in [0.2, 0.25) is 0 Å². The highest BCUT2D eigenvalue weighted by Crippen LogP contribution is 2.34. The zero-order valence-electron chi connectivity index (χ0n) is 25.2. The van der Waals surface area contributed by atoms with E-state index in [0.29, 0.717) is 17.0 Å². The summed E-state index contributed by atoms with van der Waals surface area (Å²) in [6, 6.07) is 16.7. The first-order chi connectivity index (χ1) is 22.4. The predicted molar refractivity (Wildman–Crippen MR) is 165 cm³/mol. The number of carbonyl (C=O) groups excluding carboxylic acids is 4. The number of carboxylic acid groups (broad SMARTS) is 1. The van der Waals surface area contributed by atoms with Crippen LogP contribution in [0.5, 0.6) is 0 Å². The number of alkyl halides is 3. The van der Waals surface area contributed by atoms with Gasteiger partial charge in [-0.1, -0.05) is 55.7 Å². The zero-order chi connectivity index (χ0) is 33.7. The third kappa shape index (κ3) is 8.15. The smallest absolute Gasteiger partial charge is 0.406 e. The molecule has 1 fully saturated rings. The molecule has 3 aromatic rings. The van der Waals surface area contributed by atoms with Crippen molar-refractivity contribution in [3.05, 3.63) is 100 Å². The lowest BCUT2D eigenvalue weighted by molar-refractivity contribution is -0.137. The second kappa shape index (κ2) is 14.1. The van der Waals surface area contributed by atoms with Gasteiger partial charge in [-0.05, 0) is 65.8 Å². The first-order valence-electron chi connectivity index (χ1n) is 15.2. The molecule has 1 aliphatic heterocycles. The van der Waals surface area contributed by atoms with E-state index in [9.17, 15) is 37.1 Å². The van der Waals surface area contributed by atoms with E-state index in [0.717, 1.165) is 24.5 Å². The summed E-state index contributed by atoms with van der Waals surface area (Å²) < 4.78 is 38.8. The number of fused-ring (bicyclic) bond motifs is 1. The molecule has 1 heterocycles. The number of anilines is 1. The van der Waals surface area contributed by atoms with Crippen molar-refractivity contribution in [1.29, 1.82) is 0 Å². The maximum atomic E-state index is 13.3. The SMILES string of the molecule is O=C(O)CCNC(=O)c1ccc(C(NC(=O)Nc2ccc3c(c2)C(=O)N(CC(F)(F)F)C3=O)c2ccc(C3CCCCC3)cc2)cc1. The van der Waals surface area contributed by atoms with Gasteiger partial charge in [0.05, 0.1) is 23.6 Å². The van der Waals surface area contributed by atoms with Crippen LogP contribution in [-0.4, -0.2) is 59.0 Å². The third-order valence-corrected chi connectivity index (χ3v) is 8.32. The van der Waals surface area contributed by atoms with Crippen LogP contribution in [0.25, 0.3) is 0 Å². The highest BCUT2D eigenvalue weighted by atomic mass is 19.4. The number of amides is 5.